The van der Waals surface area contributed by atoms with Gasteiger partial charge >= 0.3 is 12.2 Å². The number of anilines is 1. The molecule has 5 nitrogen and oxygen atoms in total. The highest BCUT2D eigenvalue weighted by Crippen LogP contribution is 2.34. The smallest absolute Gasteiger partial charge is 0.320 e. The molecule has 22 heavy (non-hydrogen) atoms. The average Bonchev–Trinajstić information content (AvgIpc) is 2.81. The minimum atomic E-state index is -4.64. The summed E-state index contributed by atoms with van der Waals surface area (Å²) in [4.78, 5) is 19.6. The minimum Gasteiger partial charge on any atom is -0.320 e. The quantitative estimate of drug-likeness (QED) is 0.904. The molecule has 1 unspecified atom stereocenters. The number of aryl methyl sites for hydroxylation is 2. The Morgan fingerprint density at radius 1 is 1.23 bits per heavy atom. The zero-order valence-electron chi connectivity index (χ0n) is 11.7. The van der Waals surface area contributed by atoms with Gasteiger partial charge in [0, 0.05) is 16.8 Å². The lowest BCUT2D eigenvalue weighted by Gasteiger charge is -2.19. The number of thiazole rings is 1. The van der Waals surface area contributed by atoms with Crippen molar-refractivity contribution in [1.29, 1.82) is 0 Å². The van der Waals surface area contributed by atoms with Crippen LogP contribution in [0.15, 0.2) is 23.6 Å². The van der Waals surface area contributed by atoms with Crippen molar-refractivity contribution in [2.45, 2.75) is 26.1 Å². The summed E-state index contributed by atoms with van der Waals surface area (Å²) in [6.07, 6.45) is -4.64. The van der Waals surface area contributed by atoms with Gasteiger partial charge in [-0.1, -0.05) is 6.07 Å². The van der Waals surface area contributed by atoms with E-state index in [2.05, 4.69) is 15.3 Å². The lowest BCUT2D eigenvalue weighted by molar-refractivity contribution is -0.154. The van der Waals surface area contributed by atoms with E-state index in [4.69, 9.17) is 0 Å². The summed E-state index contributed by atoms with van der Waals surface area (Å²) in [6.45, 7) is 3.30. The summed E-state index contributed by atoms with van der Waals surface area (Å²) in [5, 5.41) is 5.45. The van der Waals surface area contributed by atoms with Gasteiger partial charge in [0.1, 0.15) is 10.8 Å². The summed E-state index contributed by atoms with van der Waals surface area (Å²) in [5.41, 5.74) is 1.11. The lowest BCUT2D eigenvalue weighted by Crippen LogP contribution is -2.40. The fraction of sp³-hybridized carbons (Fsp3) is 0.308. The fourth-order valence-corrected chi connectivity index (χ4v) is 2.55. The molecule has 0 spiro atoms. The zero-order chi connectivity index (χ0) is 16.3. The van der Waals surface area contributed by atoms with Crippen molar-refractivity contribution in [2.24, 2.45) is 0 Å². The first kappa shape index (κ1) is 16.2. The van der Waals surface area contributed by atoms with Crippen LogP contribution in [0.25, 0.3) is 0 Å². The lowest BCUT2D eigenvalue weighted by atomic mass is 10.3. The average molecular weight is 330 g/mol. The van der Waals surface area contributed by atoms with E-state index in [1.165, 1.54) is 11.4 Å². The van der Waals surface area contributed by atoms with Gasteiger partial charge in [-0.3, -0.25) is 5.32 Å². The number of hydrogen-bond acceptors (Lipinski definition) is 4. The van der Waals surface area contributed by atoms with Crippen molar-refractivity contribution < 1.29 is 18.0 Å². The summed E-state index contributed by atoms with van der Waals surface area (Å²) in [7, 11) is 0. The number of carbonyl (C=O) groups excluding carboxylic acids is 1. The topological polar surface area (TPSA) is 66.9 Å². The van der Waals surface area contributed by atoms with Crippen molar-refractivity contribution in [3.8, 4) is 0 Å². The van der Waals surface area contributed by atoms with Crippen molar-refractivity contribution in [1.82, 2.24) is 15.3 Å². The van der Waals surface area contributed by atoms with Crippen LogP contribution in [0.2, 0.25) is 0 Å². The number of rotatable bonds is 3. The van der Waals surface area contributed by atoms with Gasteiger partial charge in [0.05, 0.1) is 0 Å². The number of pyridine rings is 1. The van der Waals surface area contributed by atoms with E-state index in [9.17, 15) is 18.0 Å². The normalized spacial score (nSPS) is 12.8. The van der Waals surface area contributed by atoms with E-state index >= 15 is 0 Å². The number of nitrogens with one attached hydrogen (secondary N) is 2. The van der Waals surface area contributed by atoms with Crippen molar-refractivity contribution >= 4 is 23.2 Å². The van der Waals surface area contributed by atoms with E-state index in [0.29, 0.717) is 11.4 Å². The third-order valence-electron chi connectivity index (χ3n) is 2.62. The number of alkyl halides is 3. The summed E-state index contributed by atoms with van der Waals surface area (Å²) in [6, 6.07) is 1.69. The Hall–Kier alpha value is -2.16. The van der Waals surface area contributed by atoms with E-state index in [-0.39, 0.29) is 10.8 Å². The standard InChI is InChI=1S/C13H13F3N4OS/c1-7-4-3-5-9(17-7)19-12(21)20-10(13(14,15)16)11-18-8(2)6-22-11/h3-6,10H,1-2H3,(H2,17,19,20,21). The molecule has 0 saturated heterocycles. The van der Waals surface area contributed by atoms with Crippen LogP contribution in [0.4, 0.5) is 23.8 Å². The molecule has 0 fully saturated rings. The van der Waals surface area contributed by atoms with Gasteiger partial charge < -0.3 is 5.32 Å². The van der Waals surface area contributed by atoms with Gasteiger partial charge in [-0.25, -0.2) is 14.8 Å². The molecular formula is C13H13F3N4OS. The Balaban J connectivity index is 2.12. The first-order chi connectivity index (χ1) is 10.3. The predicted octanol–water partition coefficient (Wildman–Crippen LogP) is 3.58. The number of hydrogen-bond donors (Lipinski definition) is 2. The Morgan fingerprint density at radius 2 is 1.95 bits per heavy atom. The van der Waals surface area contributed by atoms with Crippen LogP contribution >= 0.6 is 11.3 Å². The molecule has 2 heterocycles. The summed E-state index contributed by atoms with van der Waals surface area (Å²) < 4.78 is 39.3. The number of urea groups is 1. The second-order valence-electron chi connectivity index (χ2n) is 4.56. The zero-order valence-corrected chi connectivity index (χ0v) is 12.5. The molecule has 0 saturated carbocycles. The molecule has 2 aromatic heterocycles. The van der Waals surface area contributed by atoms with E-state index in [1.54, 1.807) is 26.0 Å². The highest BCUT2D eigenvalue weighted by atomic mass is 32.1. The molecule has 2 amide bonds. The van der Waals surface area contributed by atoms with Gasteiger partial charge in [-0.15, -0.1) is 11.3 Å². The maximum atomic E-state index is 13.1. The van der Waals surface area contributed by atoms with Crippen molar-refractivity contribution in [3.05, 3.63) is 40.0 Å². The third kappa shape index (κ3) is 4.17. The molecule has 0 aliphatic heterocycles. The van der Waals surface area contributed by atoms with Crippen LogP contribution in [0.5, 0.6) is 0 Å². The van der Waals surface area contributed by atoms with Crippen LogP contribution in [-0.4, -0.2) is 22.2 Å². The molecule has 0 bridgehead atoms. The van der Waals surface area contributed by atoms with Crippen LogP contribution in [0, 0.1) is 13.8 Å². The largest absolute Gasteiger partial charge is 0.415 e. The second-order valence-corrected chi connectivity index (χ2v) is 5.45. The molecular weight excluding hydrogens is 317 g/mol. The molecule has 2 N–H and O–H groups in total. The monoisotopic (exact) mass is 330 g/mol. The Bertz CT molecular complexity index is 671. The van der Waals surface area contributed by atoms with Crippen LogP contribution < -0.4 is 10.6 Å². The number of carbonyl (C=O) groups is 1. The highest BCUT2D eigenvalue weighted by molar-refractivity contribution is 7.09. The van der Waals surface area contributed by atoms with Gasteiger partial charge in [0.25, 0.3) is 0 Å². The first-order valence-corrected chi connectivity index (χ1v) is 7.13. The molecule has 0 radical (unpaired) electrons. The van der Waals surface area contributed by atoms with E-state index in [1.807, 2.05) is 5.32 Å². The molecule has 0 aromatic carbocycles. The van der Waals surface area contributed by atoms with Crippen molar-refractivity contribution in [3.63, 3.8) is 0 Å². The molecule has 9 heteroatoms. The maximum Gasteiger partial charge on any atom is 0.415 e. The highest BCUT2D eigenvalue weighted by Gasteiger charge is 2.43. The molecule has 0 aliphatic carbocycles. The fourth-order valence-electron chi connectivity index (χ4n) is 1.68. The number of nitrogens with zero attached hydrogens (tertiary/aromatic N) is 2. The van der Waals surface area contributed by atoms with Gasteiger partial charge in [0.15, 0.2) is 6.04 Å². The van der Waals surface area contributed by atoms with E-state index in [0.717, 1.165) is 11.3 Å². The van der Waals surface area contributed by atoms with Crippen LogP contribution in [-0.2, 0) is 0 Å². The Labute approximate surface area is 128 Å². The van der Waals surface area contributed by atoms with Gasteiger partial charge in [-0.05, 0) is 26.0 Å². The Morgan fingerprint density at radius 3 is 2.50 bits per heavy atom. The van der Waals surface area contributed by atoms with Crippen LogP contribution in [0.3, 0.4) is 0 Å². The number of halogens is 3. The minimum absolute atomic E-state index is 0.175. The molecule has 2 rings (SSSR count). The molecule has 1 atom stereocenters. The van der Waals surface area contributed by atoms with Gasteiger partial charge in [-0.2, -0.15) is 13.2 Å². The summed E-state index contributed by atoms with van der Waals surface area (Å²) >= 11 is 0.846. The third-order valence-corrected chi connectivity index (χ3v) is 3.64. The summed E-state index contributed by atoms with van der Waals surface area (Å²) in [5.74, 6) is 0.175. The maximum absolute atomic E-state index is 13.1. The first-order valence-electron chi connectivity index (χ1n) is 6.25. The Kier molecular flexibility index (Phi) is 4.65. The van der Waals surface area contributed by atoms with Gasteiger partial charge in [0.2, 0.25) is 0 Å². The van der Waals surface area contributed by atoms with E-state index < -0.39 is 18.2 Å². The molecule has 2 aromatic rings. The predicted molar refractivity (Wildman–Crippen MR) is 76.8 cm³/mol. The second kappa shape index (κ2) is 6.30. The molecule has 118 valence electrons. The number of amides is 2. The molecule has 0 aliphatic rings. The number of aromatic nitrogens is 2. The SMILES string of the molecule is Cc1cccc(NC(=O)NC(c2nc(C)cs2)C(F)(F)F)n1. The van der Waals surface area contributed by atoms with Crippen molar-refractivity contribution in [2.75, 3.05) is 5.32 Å². The van der Waals surface area contributed by atoms with Crippen LogP contribution in [0.1, 0.15) is 22.4 Å².